The number of methoxy groups -OCH3 is 2. The molecule has 45 heavy (non-hydrogen) atoms. The molecular weight excluding hydrogens is 594 g/mol. The number of hydrogen-bond acceptors (Lipinski definition) is 9. The van der Waals surface area contributed by atoms with E-state index in [2.05, 4.69) is 37.2 Å². The predicted octanol–water partition coefficient (Wildman–Crippen LogP) is 4.27. The van der Waals surface area contributed by atoms with Gasteiger partial charge in [0.2, 0.25) is 6.41 Å². The molecule has 0 aliphatic heterocycles. The number of aliphatic imine (C=N–C) groups is 1. The molecule has 1 unspecified atom stereocenters. The Kier molecular flexibility index (Phi) is 15.4. The Morgan fingerprint density at radius 2 is 1.69 bits per heavy atom. The first-order valence-corrected chi connectivity index (χ1v) is 15.8. The standard InChI is InChI=1S/C33H47N5O6S/c1-22(2)25-19-24(45-18-10-17-37(4)15-9-16-38(5)21-39)13-14-27(25)36-28(20-26(34)32(40)35-23(3)33(41)42)31-29(43-6)11-8-12-30(31)44-7/h8,11-14,19-23H,9-10,15-18,34H2,1-7H3,(H,35,40)(H,41,42)/b26-20-,36-28?. The fourth-order valence-corrected chi connectivity index (χ4v) is 5.30. The van der Waals surface area contributed by atoms with Crippen molar-refractivity contribution < 1.29 is 29.0 Å². The number of benzene rings is 2. The lowest BCUT2D eigenvalue weighted by molar-refractivity contribution is -0.140. The first-order valence-electron chi connectivity index (χ1n) is 14.8. The molecule has 0 bridgehead atoms. The topological polar surface area (TPSA) is 147 Å². The van der Waals surface area contributed by atoms with Crippen LogP contribution in [0.25, 0.3) is 0 Å². The molecule has 4 N–H and O–H groups in total. The molecule has 2 rings (SSSR count). The molecule has 0 aliphatic rings. The van der Waals surface area contributed by atoms with Crippen LogP contribution in [0.3, 0.4) is 0 Å². The van der Waals surface area contributed by atoms with E-state index in [9.17, 15) is 19.5 Å². The second-order valence-corrected chi connectivity index (χ2v) is 12.2. The van der Waals surface area contributed by atoms with Crippen molar-refractivity contribution in [3.8, 4) is 11.5 Å². The number of ether oxygens (including phenoxy) is 2. The number of carbonyl (C=O) groups excluding carboxylic acids is 2. The monoisotopic (exact) mass is 641 g/mol. The summed E-state index contributed by atoms with van der Waals surface area (Å²) in [7, 11) is 6.94. The molecule has 0 heterocycles. The third-order valence-corrected chi connectivity index (χ3v) is 8.08. The van der Waals surface area contributed by atoms with Gasteiger partial charge in [-0.05, 0) is 93.5 Å². The van der Waals surface area contributed by atoms with E-state index in [1.54, 1.807) is 41.9 Å². The molecule has 0 saturated heterocycles. The first kappa shape index (κ1) is 37.2. The summed E-state index contributed by atoms with van der Waals surface area (Å²) < 4.78 is 11.2. The summed E-state index contributed by atoms with van der Waals surface area (Å²) in [4.78, 5) is 44.8. The highest BCUT2D eigenvalue weighted by Crippen LogP contribution is 2.35. The van der Waals surface area contributed by atoms with E-state index in [1.807, 2.05) is 12.1 Å². The number of hydrogen-bond donors (Lipinski definition) is 3. The molecule has 0 fully saturated rings. The van der Waals surface area contributed by atoms with Gasteiger partial charge in [-0.3, -0.25) is 14.4 Å². The van der Waals surface area contributed by atoms with E-state index in [4.69, 9.17) is 20.2 Å². The zero-order valence-corrected chi connectivity index (χ0v) is 28.1. The number of allylic oxidation sites excluding steroid dienone is 1. The van der Waals surface area contributed by atoms with E-state index in [0.717, 1.165) is 55.1 Å². The van der Waals surface area contributed by atoms with Crippen LogP contribution < -0.4 is 20.5 Å². The van der Waals surface area contributed by atoms with Crippen molar-refractivity contribution in [3.05, 3.63) is 59.3 Å². The number of carboxylic acid groups (broad SMARTS) is 1. The number of nitrogens with zero attached hydrogens (tertiary/aromatic N) is 3. The molecule has 2 amide bonds. The molecule has 2 aromatic carbocycles. The van der Waals surface area contributed by atoms with Crippen molar-refractivity contribution in [2.75, 3.05) is 53.7 Å². The Labute approximate surface area is 270 Å². The molecule has 0 aromatic heterocycles. The Morgan fingerprint density at radius 3 is 2.27 bits per heavy atom. The van der Waals surface area contributed by atoms with Crippen LogP contribution in [0.15, 0.2) is 58.1 Å². The molecule has 11 nitrogen and oxygen atoms in total. The maximum atomic E-state index is 12.8. The summed E-state index contributed by atoms with van der Waals surface area (Å²) in [6, 6.07) is 10.3. The third kappa shape index (κ3) is 11.8. The Balaban J connectivity index is 2.38. The number of nitrogens with two attached hydrogens (primary N) is 1. The maximum Gasteiger partial charge on any atom is 0.325 e. The smallest absolute Gasteiger partial charge is 0.325 e. The van der Waals surface area contributed by atoms with Gasteiger partial charge >= 0.3 is 5.97 Å². The van der Waals surface area contributed by atoms with Crippen LogP contribution in [-0.4, -0.2) is 98.6 Å². The Hall–Kier alpha value is -4.03. The summed E-state index contributed by atoms with van der Waals surface area (Å²) in [5.41, 5.74) is 8.49. The normalized spacial score (nSPS) is 12.6. The molecular formula is C33H47N5O6S. The van der Waals surface area contributed by atoms with Crippen LogP contribution in [0, 0.1) is 0 Å². The zero-order chi connectivity index (χ0) is 33.5. The van der Waals surface area contributed by atoms with Gasteiger partial charge in [0.1, 0.15) is 17.5 Å². The van der Waals surface area contributed by atoms with Crippen LogP contribution in [-0.2, 0) is 14.4 Å². The van der Waals surface area contributed by atoms with Crippen LogP contribution >= 0.6 is 11.8 Å². The van der Waals surface area contributed by atoms with Crippen LogP contribution in [0.5, 0.6) is 11.5 Å². The number of carboxylic acids is 1. The zero-order valence-electron chi connectivity index (χ0n) is 27.3. The van der Waals surface area contributed by atoms with Gasteiger partial charge in [-0.25, -0.2) is 4.99 Å². The summed E-state index contributed by atoms with van der Waals surface area (Å²) >= 11 is 1.78. The summed E-state index contributed by atoms with van der Waals surface area (Å²) in [6.07, 6.45) is 4.22. The van der Waals surface area contributed by atoms with E-state index >= 15 is 0 Å². The van der Waals surface area contributed by atoms with Crippen molar-refractivity contribution in [1.82, 2.24) is 15.1 Å². The number of nitrogens with one attached hydrogen (secondary N) is 1. The van der Waals surface area contributed by atoms with Gasteiger partial charge in [-0.2, -0.15) is 0 Å². The van der Waals surface area contributed by atoms with E-state index in [-0.39, 0.29) is 11.6 Å². The average molecular weight is 642 g/mol. The van der Waals surface area contributed by atoms with Gasteiger partial charge in [-0.1, -0.05) is 19.9 Å². The molecule has 0 saturated carbocycles. The maximum absolute atomic E-state index is 12.8. The van der Waals surface area contributed by atoms with Crippen molar-refractivity contribution >= 4 is 41.4 Å². The first-order chi connectivity index (χ1) is 21.4. The lowest BCUT2D eigenvalue weighted by Crippen LogP contribution is -2.40. The number of thioether (sulfide) groups is 1. The summed E-state index contributed by atoms with van der Waals surface area (Å²) in [5, 5.41) is 11.6. The third-order valence-electron chi connectivity index (χ3n) is 7.00. The van der Waals surface area contributed by atoms with E-state index in [1.165, 1.54) is 27.2 Å². The van der Waals surface area contributed by atoms with Gasteiger partial charge in [0.15, 0.2) is 0 Å². The van der Waals surface area contributed by atoms with E-state index < -0.39 is 17.9 Å². The molecule has 0 radical (unpaired) electrons. The minimum atomic E-state index is -1.18. The highest BCUT2D eigenvalue weighted by molar-refractivity contribution is 7.99. The van der Waals surface area contributed by atoms with Crippen molar-refractivity contribution in [3.63, 3.8) is 0 Å². The second kappa shape index (κ2) is 18.7. The predicted molar refractivity (Wildman–Crippen MR) is 180 cm³/mol. The fraction of sp³-hybridized carbons (Fsp3) is 0.455. The van der Waals surface area contributed by atoms with Crippen molar-refractivity contribution in [2.45, 2.75) is 50.5 Å². The van der Waals surface area contributed by atoms with Gasteiger partial charge in [0.05, 0.1) is 36.9 Å². The number of aliphatic carboxylic acids is 1. The number of amides is 2. The fourth-order valence-electron chi connectivity index (χ4n) is 4.41. The average Bonchev–Trinajstić information content (AvgIpc) is 3.02. The quantitative estimate of drug-likeness (QED) is 0.0673. The summed E-state index contributed by atoms with van der Waals surface area (Å²) in [5.74, 6) is 0.113. The van der Waals surface area contributed by atoms with Gasteiger partial charge in [0, 0.05) is 18.5 Å². The highest BCUT2D eigenvalue weighted by Gasteiger charge is 2.20. The minimum absolute atomic E-state index is 0.141. The number of carbonyl (C=O) groups is 3. The summed E-state index contributed by atoms with van der Waals surface area (Å²) in [6.45, 7) is 8.19. The molecule has 0 spiro atoms. The van der Waals surface area contributed by atoms with Crippen molar-refractivity contribution in [1.29, 1.82) is 0 Å². The largest absolute Gasteiger partial charge is 0.496 e. The second-order valence-electron chi connectivity index (χ2n) is 11.0. The lowest BCUT2D eigenvalue weighted by Gasteiger charge is -2.18. The minimum Gasteiger partial charge on any atom is -0.496 e. The van der Waals surface area contributed by atoms with Crippen LogP contribution in [0.4, 0.5) is 5.69 Å². The SMILES string of the molecule is COc1cccc(OC)c1C(/C=C(\N)C(=O)NC(C)C(=O)O)=Nc1ccc(SCCCN(C)CCCN(C)C=O)cc1C(C)C. The lowest BCUT2D eigenvalue weighted by atomic mass is 10.0. The van der Waals surface area contributed by atoms with Crippen LogP contribution in [0.1, 0.15) is 50.7 Å². The van der Waals surface area contributed by atoms with E-state index in [0.29, 0.717) is 28.5 Å². The molecule has 1 atom stereocenters. The van der Waals surface area contributed by atoms with Gasteiger partial charge in [0.25, 0.3) is 5.91 Å². The molecule has 12 heteroatoms. The van der Waals surface area contributed by atoms with Gasteiger partial charge in [-0.15, -0.1) is 11.8 Å². The Bertz CT molecular complexity index is 1340. The van der Waals surface area contributed by atoms with Gasteiger partial charge < -0.3 is 35.4 Å². The molecule has 246 valence electrons. The molecule has 2 aromatic rings. The molecule has 0 aliphatic carbocycles. The number of rotatable bonds is 19. The van der Waals surface area contributed by atoms with Crippen molar-refractivity contribution in [2.24, 2.45) is 10.7 Å². The Morgan fingerprint density at radius 1 is 1.04 bits per heavy atom. The highest BCUT2D eigenvalue weighted by atomic mass is 32.2. The van der Waals surface area contributed by atoms with Crippen LogP contribution in [0.2, 0.25) is 0 Å².